The third-order valence-electron chi connectivity index (χ3n) is 3.51. The third kappa shape index (κ3) is 5.48. The second-order valence-electron chi connectivity index (χ2n) is 6.09. The van der Waals surface area contributed by atoms with Crippen LogP contribution in [0.15, 0.2) is 11.1 Å². The maximum absolute atomic E-state index is 11.8. The highest BCUT2D eigenvalue weighted by Crippen LogP contribution is 2.08. The number of carbonyl (C=O) groups excluding carboxylic acids is 2. The summed E-state index contributed by atoms with van der Waals surface area (Å²) in [5, 5.41) is 0. The summed E-state index contributed by atoms with van der Waals surface area (Å²) >= 11 is 0. The van der Waals surface area contributed by atoms with E-state index in [9.17, 15) is 14.4 Å². The predicted molar refractivity (Wildman–Crippen MR) is 96.7 cm³/mol. The first kappa shape index (κ1) is 21.3. The number of aromatic amines is 1. The molecule has 0 aromatic carbocycles. The van der Waals surface area contributed by atoms with Crippen LogP contribution in [0.2, 0.25) is 0 Å². The van der Waals surface area contributed by atoms with Gasteiger partial charge in [-0.3, -0.25) is 23.9 Å². The Balaban J connectivity index is 2.07. The van der Waals surface area contributed by atoms with Gasteiger partial charge in [0.2, 0.25) is 5.95 Å². The zero-order valence-electron chi connectivity index (χ0n) is 15.5. The number of H-pyrrole nitrogens is 1. The fourth-order valence-electron chi connectivity index (χ4n) is 2.01. The number of nitrogens with two attached hydrogens (primary N) is 3. The highest BCUT2D eigenvalue weighted by Gasteiger charge is 2.19. The summed E-state index contributed by atoms with van der Waals surface area (Å²) in [5.41, 5.74) is 16.2. The summed E-state index contributed by atoms with van der Waals surface area (Å²) in [6.07, 6.45) is 0.521. The highest BCUT2D eigenvalue weighted by molar-refractivity contribution is 5.75. The molecule has 0 aliphatic carbocycles. The van der Waals surface area contributed by atoms with Crippen molar-refractivity contribution < 1.29 is 23.8 Å². The van der Waals surface area contributed by atoms with Crippen LogP contribution in [0, 0.1) is 0 Å². The number of carbonyl (C=O) groups is 2. The van der Waals surface area contributed by atoms with Crippen molar-refractivity contribution in [3.8, 4) is 0 Å². The van der Waals surface area contributed by atoms with Crippen molar-refractivity contribution in [2.75, 3.05) is 18.9 Å². The lowest BCUT2D eigenvalue weighted by atomic mass is 10.3. The Labute approximate surface area is 159 Å². The van der Waals surface area contributed by atoms with E-state index in [-0.39, 0.29) is 37.1 Å². The molecule has 7 N–H and O–H groups in total. The average Bonchev–Trinajstić information content (AvgIpc) is 3.03. The molecule has 13 nitrogen and oxygen atoms in total. The summed E-state index contributed by atoms with van der Waals surface area (Å²) < 4.78 is 17.1. The van der Waals surface area contributed by atoms with Gasteiger partial charge in [-0.2, -0.15) is 4.98 Å². The number of anilines is 1. The predicted octanol–water partition coefficient (Wildman–Crippen LogP) is -2.17. The van der Waals surface area contributed by atoms with E-state index in [0.29, 0.717) is 0 Å². The lowest BCUT2D eigenvalue weighted by molar-refractivity contribution is -0.158. The van der Waals surface area contributed by atoms with E-state index in [1.165, 1.54) is 24.7 Å². The maximum atomic E-state index is 11.8. The van der Waals surface area contributed by atoms with E-state index in [2.05, 4.69) is 15.0 Å². The monoisotopic (exact) mass is 397 g/mol. The Bertz CT molecular complexity index is 867. The number of rotatable bonds is 9. The van der Waals surface area contributed by atoms with Crippen LogP contribution in [0.5, 0.6) is 0 Å². The minimum atomic E-state index is -0.817. The van der Waals surface area contributed by atoms with Crippen LogP contribution in [0.25, 0.3) is 11.2 Å². The van der Waals surface area contributed by atoms with Crippen LogP contribution in [0.3, 0.4) is 0 Å². The number of hydrogen-bond acceptors (Lipinski definition) is 11. The highest BCUT2D eigenvalue weighted by atomic mass is 16.6. The number of hydrogen-bond donors (Lipinski definition) is 4. The lowest BCUT2D eigenvalue weighted by Gasteiger charge is -2.19. The molecular formula is C15H23N7O6. The van der Waals surface area contributed by atoms with Crippen LogP contribution in [-0.4, -0.2) is 62.9 Å². The molecule has 2 aromatic rings. The summed E-state index contributed by atoms with van der Waals surface area (Å²) in [4.78, 5) is 45.2. The van der Waals surface area contributed by atoms with E-state index in [1.807, 2.05) is 0 Å². The summed E-state index contributed by atoms with van der Waals surface area (Å²) in [7, 11) is 0. The summed E-state index contributed by atoms with van der Waals surface area (Å²) in [6.45, 7) is 2.40. The molecule has 2 heterocycles. The first-order valence-corrected chi connectivity index (χ1v) is 8.35. The van der Waals surface area contributed by atoms with E-state index < -0.39 is 35.7 Å². The second-order valence-corrected chi connectivity index (χ2v) is 6.09. The van der Waals surface area contributed by atoms with Crippen LogP contribution >= 0.6 is 0 Å². The zero-order chi connectivity index (χ0) is 20.8. The SMILES string of the molecule is C[C@H](N)C(=O)OCC(COC(=O)[C@@H](C)N)OCn1cnc2c(=O)[nH]c(N)nc21. The van der Waals surface area contributed by atoms with E-state index >= 15 is 0 Å². The summed E-state index contributed by atoms with van der Waals surface area (Å²) in [6, 6.07) is -1.63. The molecule has 2 aromatic heterocycles. The van der Waals surface area contributed by atoms with Gasteiger partial charge in [-0.15, -0.1) is 0 Å². The maximum Gasteiger partial charge on any atom is 0.322 e. The normalized spacial score (nSPS) is 14.4. The van der Waals surface area contributed by atoms with Gasteiger partial charge < -0.3 is 31.4 Å². The number of esters is 2. The number of imidazole rings is 1. The van der Waals surface area contributed by atoms with Gasteiger partial charge >= 0.3 is 11.9 Å². The van der Waals surface area contributed by atoms with Crippen LogP contribution in [0.4, 0.5) is 5.95 Å². The molecule has 3 atom stereocenters. The van der Waals surface area contributed by atoms with Crippen molar-refractivity contribution in [2.24, 2.45) is 11.5 Å². The number of fused-ring (bicyclic) bond motifs is 1. The van der Waals surface area contributed by atoms with Crippen molar-refractivity contribution in [2.45, 2.75) is 38.8 Å². The molecule has 0 radical (unpaired) electrons. The van der Waals surface area contributed by atoms with Crippen molar-refractivity contribution in [3.63, 3.8) is 0 Å². The van der Waals surface area contributed by atoms with Crippen LogP contribution < -0.4 is 22.8 Å². The lowest BCUT2D eigenvalue weighted by Crippen LogP contribution is -2.36. The fraction of sp³-hybridized carbons (Fsp3) is 0.533. The van der Waals surface area contributed by atoms with Gasteiger partial charge in [0.1, 0.15) is 38.1 Å². The first-order chi connectivity index (χ1) is 13.2. The molecule has 0 aliphatic heterocycles. The Morgan fingerprint density at radius 2 is 1.75 bits per heavy atom. The average molecular weight is 397 g/mol. The smallest absolute Gasteiger partial charge is 0.322 e. The molecule has 1 unspecified atom stereocenters. The second kappa shape index (κ2) is 9.25. The zero-order valence-corrected chi connectivity index (χ0v) is 15.5. The van der Waals surface area contributed by atoms with Crippen molar-refractivity contribution in [3.05, 3.63) is 16.7 Å². The van der Waals surface area contributed by atoms with Crippen molar-refractivity contribution >= 4 is 29.1 Å². The molecule has 0 saturated heterocycles. The topological polar surface area (TPSA) is 203 Å². The van der Waals surface area contributed by atoms with Crippen molar-refractivity contribution in [1.82, 2.24) is 19.5 Å². The number of nitrogen functional groups attached to an aromatic ring is 1. The Morgan fingerprint density at radius 3 is 2.29 bits per heavy atom. The molecule has 0 aliphatic rings. The standard InChI is InChI=1S/C15H23N7O6/c1-7(16)13(24)26-3-9(4-27-14(25)8(2)17)28-6-22-5-19-10-11(22)20-15(18)21-12(10)23/h5,7-9H,3-4,6,16-17H2,1-2H3,(H3,18,20,21,23)/t7-,8+,9?. The Kier molecular flexibility index (Phi) is 7.03. The molecule has 13 heteroatoms. The Hall–Kier alpha value is -3.03. The minimum Gasteiger partial charge on any atom is -0.462 e. The quantitative estimate of drug-likeness (QED) is 0.335. The van der Waals surface area contributed by atoms with Gasteiger partial charge in [0.25, 0.3) is 5.56 Å². The van der Waals surface area contributed by atoms with Gasteiger partial charge in [-0.05, 0) is 13.8 Å². The number of nitrogens with zero attached hydrogens (tertiary/aromatic N) is 3. The molecule has 154 valence electrons. The summed E-state index contributed by atoms with van der Waals surface area (Å²) in [5.74, 6) is -1.35. The van der Waals surface area contributed by atoms with Gasteiger partial charge in [-0.1, -0.05) is 0 Å². The van der Waals surface area contributed by atoms with Crippen LogP contribution in [0.1, 0.15) is 13.8 Å². The molecule has 0 fully saturated rings. The number of ether oxygens (including phenoxy) is 3. The molecule has 0 saturated carbocycles. The molecule has 0 amide bonds. The number of aromatic nitrogens is 4. The van der Waals surface area contributed by atoms with Crippen LogP contribution in [-0.2, 0) is 30.5 Å². The molecule has 0 spiro atoms. The van der Waals surface area contributed by atoms with E-state index in [1.54, 1.807) is 0 Å². The van der Waals surface area contributed by atoms with Crippen molar-refractivity contribution in [1.29, 1.82) is 0 Å². The number of nitrogens with one attached hydrogen (secondary N) is 1. The third-order valence-corrected chi connectivity index (χ3v) is 3.51. The largest absolute Gasteiger partial charge is 0.462 e. The van der Waals surface area contributed by atoms with E-state index in [0.717, 1.165) is 0 Å². The Morgan fingerprint density at radius 1 is 1.18 bits per heavy atom. The molecule has 0 bridgehead atoms. The molecule has 28 heavy (non-hydrogen) atoms. The fourth-order valence-corrected chi connectivity index (χ4v) is 2.01. The van der Waals surface area contributed by atoms with Gasteiger partial charge in [0.15, 0.2) is 11.2 Å². The molecular weight excluding hydrogens is 374 g/mol. The minimum absolute atomic E-state index is 0.0764. The van der Waals surface area contributed by atoms with E-state index in [4.69, 9.17) is 31.4 Å². The van der Waals surface area contributed by atoms with Gasteiger partial charge in [-0.25, -0.2) is 4.98 Å². The first-order valence-electron chi connectivity index (χ1n) is 8.35. The molecule has 2 rings (SSSR count). The van der Waals surface area contributed by atoms with Gasteiger partial charge in [0.05, 0.1) is 6.33 Å². The van der Waals surface area contributed by atoms with Gasteiger partial charge in [0, 0.05) is 0 Å².